The maximum absolute atomic E-state index is 13.5. The average molecular weight is 531 g/mol. The van der Waals surface area contributed by atoms with Crippen LogP contribution in [0.2, 0.25) is 0 Å². The molecule has 1 fully saturated rings. The summed E-state index contributed by atoms with van der Waals surface area (Å²) in [6.45, 7) is 7.91. The molecule has 39 heavy (non-hydrogen) atoms. The summed E-state index contributed by atoms with van der Waals surface area (Å²) in [5, 5.41) is 11.5. The highest BCUT2D eigenvalue weighted by atomic mass is 16.5. The van der Waals surface area contributed by atoms with Gasteiger partial charge in [-0.1, -0.05) is 0 Å². The molecule has 1 unspecified atom stereocenters. The van der Waals surface area contributed by atoms with Crippen LogP contribution in [-0.2, 0) is 14.3 Å². The van der Waals surface area contributed by atoms with Crippen molar-refractivity contribution in [2.24, 2.45) is 0 Å². The molecule has 1 N–H and O–H groups in total. The van der Waals surface area contributed by atoms with Crippen molar-refractivity contribution in [3.8, 4) is 11.5 Å². The van der Waals surface area contributed by atoms with Gasteiger partial charge in [0.15, 0.2) is 0 Å². The minimum atomic E-state index is -0.956. The molecule has 0 bridgehead atoms. The number of carbonyl (C=O) groups excluding carboxylic acids is 3. The summed E-state index contributed by atoms with van der Waals surface area (Å²) >= 11 is 0. The SMILES string of the molecule is CCOc1ccc(/C(O)=C2/C(=O)C(=O)N(c3ccc(C(=O)OC(C)C)cc3)C2c2ccncc2)c(OCC)c1. The molecular formula is C30H30N2O7. The lowest BCUT2D eigenvalue weighted by atomic mass is 9.95. The van der Waals surface area contributed by atoms with Gasteiger partial charge in [-0.05, 0) is 81.8 Å². The lowest BCUT2D eigenvalue weighted by Crippen LogP contribution is -2.29. The molecule has 1 aliphatic rings. The number of ether oxygens (including phenoxy) is 3. The van der Waals surface area contributed by atoms with E-state index in [1.807, 2.05) is 6.92 Å². The highest BCUT2D eigenvalue weighted by molar-refractivity contribution is 6.51. The van der Waals surface area contributed by atoms with Crippen LogP contribution in [0.25, 0.3) is 5.76 Å². The third-order valence-electron chi connectivity index (χ3n) is 6.01. The standard InChI is InChI=1S/C30H30N2O7/c1-5-37-22-11-12-23(24(17-22)38-6-2)27(33)25-26(19-13-15-31-16-14-19)32(29(35)28(25)34)21-9-7-20(8-10-21)30(36)39-18(3)4/h7-18,26,33H,5-6H2,1-4H3/b27-25-. The van der Waals surface area contributed by atoms with Gasteiger partial charge in [-0.2, -0.15) is 0 Å². The van der Waals surface area contributed by atoms with Crippen LogP contribution in [0.3, 0.4) is 0 Å². The number of hydrogen-bond acceptors (Lipinski definition) is 8. The Morgan fingerprint density at radius 1 is 0.974 bits per heavy atom. The minimum absolute atomic E-state index is 0.0976. The molecule has 3 aromatic rings. The van der Waals surface area contributed by atoms with Crippen molar-refractivity contribution in [1.82, 2.24) is 4.98 Å². The van der Waals surface area contributed by atoms with E-state index in [1.54, 1.807) is 75.6 Å². The topological polar surface area (TPSA) is 115 Å². The average Bonchev–Trinajstić information content (AvgIpc) is 3.19. The molecule has 0 aliphatic carbocycles. The zero-order valence-corrected chi connectivity index (χ0v) is 22.2. The Balaban J connectivity index is 1.85. The minimum Gasteiger partial charge on any atom is -0.507 e. The van der Waals surface area contributed by atoms with E-state index in [4.69, 9.17) is 14.2 Å². The smallest absolute Gasteiger partial charge is 0.338 e. The molecule has 1 saturated heterocycles. The largest absolute Gasteiger partial charge is 0.507 e. The molecule has 202 valence electrons. The van der Waals surface area contributed by atoms with E-state index in [0.717, 1.165) is 0 Å². The van der Waals surface area contributed by atoms with Crippen LogP contribution in [-0.4, -0.2) is 47.1 Å². The molecule has 1 amide bonds. The van der Waals surface area contributed by atoms with Gasteiger partial charge in [0.1, 0.15) is 17.3 Å². The number of Topliss-reactive ketones (excluding diaryl/α,β-unsaturated/α-hetero) is 1. The number of aliphatic hydroxyl groups excluding tert-OH is 1. The number of anilines is 1. The van der Waals surface area contributed by atoms with E-state index in [1.165, 1.54) is 17.0 Å². The summed E-state index contributed by atoms with van der Waals surface area (Å²) < 4.78 is 16.5. The highest BCUT2D eigenvalue weighted by Gasteiger charge is 2.47. The summed E-state index contributed by atoms with van der Waals surface area (Å²) in [6, 6.07) is 13.5. The van der Waals surface area contributed by atoms with Gasteiger partial charge in [0.05, 0.1) is 42.1 Å². The number of rotatable bonds is 9. The zero-order chi connectivity index (χ0) is 28.1. The fraction of sp³-hybridized carbons (Fsp3) is 0.267. The Kier molecular flexibility index (Phi) is 8.29. The number of benzene rings is 2. The Morgan fingerprint density at radius 2 is 1.64 bits per heavy atom. The fourth-order valence-corrected chi connectivity index (χ4v) is 4.37. The summed E-state index contributed by atoms with van der Waals surface area (Å²) in [4.78, 5) is 44.5. The predicted molar refractivity (Wildman–Crippen MR) is 145 cm³/mol. The first-order valence-electron chi connectivity index (χ1n) is 12.7. The molecule has 0 spiro atoms. The van der Waals surface area contributed by atoms with Gasteiger partial charge in [0.25, 0.3) is 11.7 Å². The van der Waals surface area contributed by atoms with Crippen molar-refractivity contribution < 1.29 is 33.7 Å². The maximum atomic E-state index is 13.5. The Morgan fingerprint density at radius 3 is 2.26 bits per heavy atom. The third kappa shape index (κ3) is 5.62. The molecule has 4 rings (SSSR count). The van der Waals surface area contributed by atoms with Crippen molar-refractivity contribution in [3.63, 3.8) is 0 Å². The van der Waals surface area contributed by atoms with Crippen LogP contribution < -0.4 is 14.4 Å². The summed E-state index contributed by atoms with van der Waals surface area (Å²) in [5.41, 5.74) is 1.40. The lowest BCUT2D eigenvalue weighted by Gasteiger charge is -2.25. The van der Waals surface area contributed by atoms with E-state index in [2.05, 4.69) is 4.98 Å². The molecule has 1 atom stereocenters. The van der Waals surface area contributed by atoms with Gasteiger partial charge in [-0.25, -0.2) is 4.79 Å². The normalized spacial score (nSPS) is 16.4. The van der Waals surface area contributed by atoms with Crippen molar-refractivity contribution in [2.45, 2.75) is 39.8 Å². The number of pyridine rings is 1. The number of aromatic nitrogens is 1. The van der Waals surface area contributed by atoms with Crippen LogP contribution in [0.4, 0.5) is 5.69 Å². The summed E-state index contributed by atoms with van der Waals surface area (Å²) in [6.07, 6.45) is 2.80. The lowest BCUT2D eigenvalue weighted by molar-refractivity contribution is -0.132. The first-order chi connectivity index (χ1) is 18.8. The molecule has 1 aliphatic heterocycles. The zero-order valence-electron chi connectivity index (χ0n) is 22.2. The van der Waals surface area contributed by atoms with E-state index >= 15 is 0 Å². The second-order valence-electron chi connectivity index (χ2n) is 8.97. The van der Waals surface area contributed by atoms with E-state index < -0.39 is 23.7 Å². The van der Waals surface area contributed by atoms with Gasteiger partial charge in [-0.15, -0.1) is 0 Å². The molecule has 1 aromatic heterocycles. The van der Waals surface area contributed by atoms with Crippen LogP contribution in [0.1, 0.15) is 55.2 Å². The summed E-state index contributed by atoms with van der Waals surface area (Å²) in [5.74, 6) is -1.69. The van der Waals surface area contributed by atoms with Gasteiger partial charge in [-0.3, -0.25) is 19.5 Å². The second kappa shape index (κ2) is 11.8. The van der Waals surface area contributed by atoms with Crippen LogP contribution in [0.15, 0.2) is 72.6 Å². The van der Waals surface area contributed by atoms with Gasteiger partial charge in [0, 0.05) is 24.1 Å². The number of amides is 1. The van der Waals surface area contributed by atoms with Crippen LogP contribution in [0, 0.1) is 0 Å². The number of esters is 1. The Hall–Kier alpha value is -4.66. The maximum Gasteiger partial charge on any atom is 0.338 e. The van der Waals surface area contributed by atoms with E-state index in [9.17, 15) is 19.5 Å². The van der Waals surface area contributed by atoms with Crippen molar-refractivity contribution in [1.29, 1.82) is 0 Å². The first kappa shape index (κ1) is 27.4. The Labute approximate surface area is 226 Å². The monoisotopic (exact) mass is 530 g/mol. The number of nitrogens with zero attached hydrogens (tertiary/aromatic N) is 2. The van der Waals surface area contributed by atoms with Crippen molar-refractivity contribution in [3.05, 3.63) is 89.3 Å². The quantitative estimate of drug-likeness (QED) is 0.176. The number of ketones is 1. The number of hydrogen-bond donors (Lipinski definition) is 1. The highest BCUT2D eigenvalue weighted by Crippen LogP contribution is 2.43. The number of aliphatic hydroxyl groups is 1. The molecular weight excluding hydrogens is 500 g/mol. The summed E-state index contributed by atoms with van der Waals surface area (Å²) in [7, 11) is 0. The predicted octanol–water partition coefficient (Wildman–Crippen LogP) is 5.07. The number of carbonyl (C=O) groups is 3. The molecule has 9 nitrogen and oxygen atoms in total. The van der Waals surface area contributed by atoms with Gasteiger partial charge >= 0.3 is 5.97 Å². The van der Waals surface area contributed by atoms with E-state index in [-0.39, 0.29) is 23.0 Å². The van der Waals surface area contributed by atoms with Gasteiger partial charge in [0.2, 0.25) is 0 Å². The van der Waals surface area contributed by atoms with Crippen LogP contribution >= 0.6 is 0 Å². The van der Waals surface area contributed by atoms with Crippen LogP contribution in [0.5, 0.6) is 11.5 Å². The van der Waals surface area contributed by atoms with Crippen molar-refractivity contribution in [2.75, 3.05) is 18.1 Å². The first-order valence-corrected chi connectivity index (χ1v) is 12.7. The second-order valence-corrected chi connectivity index (χ2v) is 8.97. The fourth-order valence-electron chi connectivity index (χ4n) is 4.37. The molecule has 0 saturated carbocycles. The van der Waals surface area contributed by atoms with Gasteiger partial charge < -0.3 is 19.3 Å². The Bertz CT molecular complexity index is 1400. The third-order valence-corrected chi connectivity index (χ3v) is 6.01. The van der Waals surface area contributed by atoms with E-state index in [0.29, 0.717) is 41.5 Å². The molecule has 9 heteroatoms. The van der Waals surface area contributed by atoms with Crippen molar-refractivity contribution >= 4 is 29.1 Å². The molecule has 2 aromatic carbocycles. The molecule has 2 heterocycles. The molecule has 0 radical (unpaired) electrons.